The van der Waals surface area contributed by atoms with Gasteiger partial charge in [0.15, 0.2) is 5.96 Å². The molecule has 0 spiro atoms. The first-order valence-corrected chi connectivity index (χ1v) is 8.18. The number of hydrogen-bond donors (Lipinski definition) is 3. The number of hydrogen-bond acceptors (Lipinski definition) is 2. The van der Waals surface area contributed by atoms with Gasteiger partial charge < -0.3 is 16.0 Å². The number of guanidine groups is 1. The molecule has 0 aromatic heterocycles. The van der Waals surface area contributed by atoms with Gasteiger partial charge in [-0.1, -0.05) is 24.3 Å². The van der Waals surface area contributed by atoms with Gasteiger partial charge in [-0.15, -0.1) is 24.0 Å². The Labute approximate surface area is 170 Å². The second kappa shape index (κ2) is 11.5. The molecular formula is C19H24FIN4O. The summed E-state index contributed by atoms with van der Waals surface area (Å²) in [6.07, 6.45) is 0. The number of carbonyl (C=O) groups excluding carboxylic acids is 1. The van der Waals surface area contributed by atoms with Crippen LogP contribution in [0.4, 0.5) is 4.39 Å². The molecule has 0 heterocycles. The lowest BCUT2D eigenvalue weighted by atomic mass is 10.1. The summed E-state index contributed by atoms with van der Waals surface area (Å²) in [6, 6.07) is 13.8. The van der Waals surface area contributed by atoms with Crippen molar-refractivity contribution in [3.05, 3.63) is 71.0 Å². The van der Waals surface area contributed by atoms with Gasteiger partial charge in [-0.05, 0) is 42.3 Å². The van der Waals surface area contributed by atoms with Crippen molar-refractivity contribution in [2.45, 2.75) is 20.0 Å². The maximum absolute atomic E-state index is 12.9. The molecule has 2 aromatic carbocycles. The van der Waals surface area contributed by atoms with E-state index in [4.69, 9.17) is 0 Å². The van der Waals surface area contributed by atoms with E-state index >= 15 is 0 Å². The summed E-state index contributed by atoms with van der Waals surface area (Å²) < 4.78 is 12.9. The van der Waals surface area contributed by atoms with Gasteiger partial charge in [-0.25, -0.2) is 4.39 Å². The summed E-state index contributed by atoms with van der Waals surface area (Å²) in [4.78, 5) is 16.0. The number of amides is 1. The Bertz CT molecular complexity index is 735. The SMILES string of the molecule is CCNC(=O)c1cccc(CNC(=NC)NCc2ccc(F)cc2)c1.I. The molecule has 0 radical (unpaired) electrons. The maximum Gasteiger partial charge on any atom is 0.251 e. The van der Waals surface area contributed by atoms with Crippen molar-refractivity contribution < 1.29 is 9.18 Å². The molecule has 0 atom stereocenters. The number of halogens is 2. The highest BCUT2D eigenvalue weighted by atomic mass is 127. The first kappa shape index (κ1) is 21.9. The third-order valence-corrected chi connectivity index (χ3v) is 3.58. The number of rotatable bonds is 6. The number of carbonyl (C=O) groups is 1. The lowest BCUT2D eigenvalue weighted by Gasteiger charge is -2.12. The molecule has 26 heavy (non-hydrogen) atoms. The number of nitrogens with one attached hydrogen (secondary N) is 3. The number of nitrogens with zero attached hydrogens (tertiary/aromatic N) is 1. The summed E-state index contributed by atoms with van der Waals surface area (Å²) >= 11 is 0. The maximum atomic E-state index is 12.9. The second-order valence-corrected chi connectivity index (χ2v) is 5.47. The molecule has 2 rings (SSSR count). The van der Waals surface area contributed by atoms with Gasteiger partial charge in [0, 0.05) is 32.2 Å². The van der Waals surface area contributed by atoms with E-state index in [2.05, 4.69) is 20.9 Å². The first-order chi connectivity index (χ1) is 12.1. The topological polar surface area (TPSA) is 65.5 Å². The Hall–Kier alpha value is -2.16. The minimum absolute atomic E-state index is 0. The van der Waals surface area contributed by atoms with Gasteiger partial charge in [0.1, 0.15) is 5.82 Å². The molecule has 7 heteroatoms. The molecule has 140 valence electrons. The first-order valence-electron chi connectivity index (χ1n) is 8.18. The van der Waals surface area contributed by atoms with Crippen LogP contribution >= 0.6 is 24.0 Å². The Balaban J connectivity index is 0.00000338. The summed E-state index contributed by atoms with van der Waals surface area (Å²) in [5, 5.41) is 9.15. The summed E-state index contributed by atoms with van der Waals surface area (Å²) in [5.41, 5.74) is 2.58. The van der Waals surface area contributed by atoms with Crippen LogP contribution in [0, 0.1) is 5.82 Å². The van der Waals surface area contributed by atoms with Gasteiger partial charge in [0.05, 0.1) is 0 Å². The fourth-order valence-corrected chi connectivity index (χ4v) is 2.28. The Morgan fingerprint density at radius 2 is 1.65 bits per heavy atom. The average Bonchev–Trinajstić information content (AvgIpc) is 2.64. The quantitative estimate of drug-likeness (QED) is 0.346. The Morgan fingerprint density at radius 3 is 2.27 bits per heavy atom. The summed E-state index contributed by atoms with van der Waals surface area (Å²) in [6.45, 7) is 3.57. The van der Waals surface area contributed by atoms with E-state index in [1.165, 1.54) is 12.1 Å². The fourth-order valence-electron chi connectivity index (χ4n) is 2.28. The molecule has 0 aliphatic heterocycles. The predicted molar refractivity (Wildman–Crippen MR) is 113 cm³/mol. The van der Waals surface area contributed by atoms with E-state index in [1.54, 1.807) is 25.2 Å². The number of benzene rings is 2. The van der Waals surface area contributed by atoms with Crippen molar-refractivity contribution in [3.8, 4) is 0 Å². The fraction of sp³-hybridized carbons (Fsp3) is 0.263. The van der Waals surface area contributed by atoms with Crippen molar-refractivity contribution in [1.82, 2.24) is 16.0 Å². The van der Waals surface area contributed by atoms with Crippen molar-refractivity contribution in [2.24, 2.45) is 4.99 Å². The Morgan fingerprint density at radius 1 is 1.00 bits per heavy atom. The number of aliphatic imine (C=N–C) groups is 1. The molecule has 0 unspecified atom stereocenters. The molecule has 0 aliphatic rings. The Kier molecular flexibility index (Phi) is 9.64. The van der Waals surface area contributed by atoms with Crippen LogP contribution in [-0.2, 0) is 13.1 Å². The molecule has 3 N–H and O–H groups in total. The van der Waals surface area contributed by atoms with Crippen molar-refractivity contribution >= 4 is 35.8 Å². The summed E-state index contributed by atoms with van der Waals surface area (Å²) in [7, 11) is 1.69. The zero-order valence-electron chi connectivity index (χ0n) is 14.9. The standard InChI is InChI=1S/C19H23FN4O.HI/c1-3-22-18(25)16-6-4-5-15(11-16)13-24-19(21-2)23-12-14-7-9-17(20)10-8-14;/h4-11H,3,12-13H2,1-2H3,(H,22,25)(H2,21,23,24);1H. The third-order valence-electron chi connectivity index (χ3n) is 3.58. The zero-order chi connectivity index (χ0) is 18.1. The smallest absolute Gasteiger partial charge is 0.251 e. The van der Waals surface area contributed by atoms with Gasteiger partial charge in [-0.3, -0.25) is 9.79 Å². The van der Waals surface area contributed by atoms with Crippen LogP contribution in [0.15, 0.2) is 53.5 Å². The van der Waals surface area contributed by atoms with Gasteiger partial charge >= 0.3 is 0 Å². The third kappa shape index (κ3) is 6.99. The van der Waals surface area contributed by atoms with Crippen LogP contribution in [0.25, 0.3) is 0 Å². The molecule has 0 bridgehead atoms. The van der Waals surface area contributed by atoms with E-state index in [1.807, 2.05) is 25.1 Å². The van der Waals surface area contributed by atoms with Crippen molar-refractivity contribution in [1.29, 1.82) is 0 Å². The molecular weight excluding hydrogens is 446 g/mol. The van der Waals surface area contributed by atoms with E-state index in [9.17, 15) is 9.18 Å². The van der Waals surface area contributed by atoms with Crippen LogP contribution in [-0.4, -0.2) is 25.5 Å². The normalized spacial score (nSPS) is 10.7. The molecule has 5 nitrogen and oxygen atoms in total. The monoisotopic (exact) mass is 470 g/mol. The lowest BCUT2D eigenvalue weighted by molar-refractivity contribution is 0.0955. The highest BCUT2D eigenvalue weighted by Gasteiger charge is 2.05. The highest BCUT2D eigenvalue weighted by molar-refractivity contribution is 14.0. The van der Waals surface area contributed by atoms with E-state index in [0.717, 1.165) is 11.1 Å². The van der Waals surface area contributed by atoms with Gasteiger partial charge in [-0.2, -0.15) is 0 Å². The highest BCUT2D eigenvalue weighted by Crippen LogP contribution is 2.05. The predicted octanol–water partition coefficient (Wildman–Crippen LogP) is 3.06. The minimum Gasteiger partial charge on any atom is -0.352 e. The van der Waals surface area contributed by atoms with Crippen molar-refractivity contribution in [2.75, 3.05) is 13.6 Å². The van der Waals surface area contributed by atoms with Crippen LogP contribution in [0.5, 0.6) is 0 Å². The lowest BCUT2D eigenvalue weighted by Crippen LogP contribution is -2.36. The van der Waals surface area contributed by atoms with Crippen LogP contribution < -0.4 is 16.0 Å². The molecule has 1 amide bonds. The second-order valence-electron chi connectivity index (χ2n) is 5.47. The molecule has 2 aromatic rings. The van der Waals surface area contributed by atoms with E-state index in [-0.39, 0.29) is 35.7 Å². The molecule has 0 fully saturated rings. The van der Waals surface area contributed by atoms with E-state index in [0.29, 0.717) is 31.2 Å². The van der Waals surface area contributed by atoms with Crippen LogP contribution in [0.2, 0.25) is 0 Å². The minimum atomic E-state index is -0.252. The average molecular weight is 470 g/mol. The molecule has 0 aliphatic carbocycles. The van der Waals surface area contributed by atoms with Crippen LogP contribution in [0.3, 0.4) is 0 Å². The molecule has 0 saturated heterocycles. The zero-order valence-corrected chi connectivity index (χ0v) is 17.2. The van der Waals surface area contributed by atoms with Crippen LogP contribution in [0.1, 0.15) is 28.4 Å². The van der Waals surface area contributed by atoms with Crippen molar-refractivity contribution in [3.63, 3.8) is 0 Å². The molecule has 0 saturated carbocycles. The largest absolute Gasteiger partial charge is 0.352 e. The summed E-state index contributed by atoms with van der Waals surface area (Å²) in [5.74, 6) is 0.300. The van der Waals surface area contributed by atoms with E-state index < -0.39 is 0 Å². The van der Waals surface area contributed by atoms with Gasteiger partial charge in [0.2, 0.25) is 0 Å². The van der Waals surface area contributed by atoms with Gasteiger partial charge in [0.25, 0.3) is 5.91 Å².